The Balaban J connectivity index is 2.37. The minimum absolute atomic E-state index is 0.394. The fraction of sp³-hybridized carbons (Fsp3) is 0.312. The molecular formula is C16H18ClNO2S. The Bertz CT molecular complexity index is 666. The molecule has 0 aliphatic heterocycles. The van der Waals surface area contributed by atoms with Gasteiger partial charge in [-0.3, -0.25) is 0 Å². The molecule has 3 nitrogen and oxygen atoms in total. The summed E-state index contributed by atoms with van der Waals surface area (Å²) in [5.41, 5.74) is 7.85. The highest BCUT2D eigenvalue weighted by molar-refractivity contribution is 7.18. The summed E-state index contributed by atoms with van der Waals surface area (Å²) in [6.45, 7) is 7.46. The summed E-state index contributed by atoms with van der Waals surface area (Å²) in [5.74, 6) is -0.394. The average Bonchev–Trinajstić information content (AvgIpc) is 2.68. The molecule has 1 heterocycles. The summed E-state index contributed by atoms with van der Waals surface area (Å²) >= 11 is 7.40. The quantitative estimate of drug-likeness (QED) is 0.798. The van der Waals surface area contributed by atoms with Crippen LogP contribution in [0.25, 0.3) is 10.4 Å². The van der Waals surface area contributed by atoms with Gasteiger partial charge in [0, 0.05) is 9.90 Å². The van der Waals surface area contributed by atoms with Crippen LogP contribution in [0.2, 0.25) is 5.02 Å². The number of hydrogen-bond donors (Lipinski definition) is 1. The van der Waals surface area contributed by atoms with Crippen molar-refractivity contribution in [3.63, 3.8) is 0 Å². The summed E-state index contributed by atoms with van der Waals surface area (Å²) in [7, 11) is 0. The van der Waals surface area contributed by atoms with Crippen molar-refractivity contribution in [2.75, 3.05) is 5.73 Å². The molecule has 2 N–H and O–H groups in total. The normalized spacial score (nSPS) is 11.5. The van der Waals surface area contributed by atoms with Gasteiger partial charge in [-0.05, 0) is 57.0 Å². The van der Waals surface area contributed by atoms with Gasteiger partial charge >= 0.3 is 5.97 Å². The second kappa shape index (κ2) is 5.70. The Morgan fingerprint density at radius 2 is 1.90 bits per heavy atom. The molecule has 0 amide bonds. The zero-order valence-corrected chi connectivity index (χ0v) is 14.1. The molecule has 1 aromatic heterocycles. The molecule has 0 unspecified atom stereocenters. The Hall–Kier alpha value is -1.52. The highest BCUT2D eigenvalue weighted by Crippen LogP contribution is 2.35. The van der Waals surface area contributed by atoms with Crippen molar-refractivity contribution in [2.45, 2.75) is 33.3 Å². The summed E-state index contributed by atoms with van der Waals surface area (Å²) in [5, 5.41) is 0.663. The number of aryl methyl sites for hydroxylation is 1. The lowest BCUT2D eigenvalue weighted by Gasteiger charge is -2.18. The van der Waals surface area contributed by atoms with Crippen LogP contribution in [-0.2, 0) is 4.74 Å². The van der Waals surface area contributed by atoms with Gasteiger partial charge in [-0.15, -0.1) is 11.3 Å². The molecule has 0 saturated heterocycles. The topological polar surface area (TPSA) is 52.3 Å². The number of hydrogen-bond acceptors (Lipinski definition) is 4. The van der Waals surface area contributed by atoms with E-state index in [4.69, 9.17) is 22.1 Å². The van der Waals surface area contributed by atoms with Gasteiger partial charge in [-0.1, -0.05) is 17.7 Å². The van der Waals surface area contributed by atoms with Gasteiger partial charge < -0.3 is 10.5 Å². The summed E-state index contributed by atoms with van der Waals surface area (Å²) in [4.78, 5) is 13.5. The second-order valence-corrected chi connectivity index (χ2v) is 7.40. The van der Waals surface area contributed by atoms with E-state index in [2.05, 4.69) is 0 Å². The average molecular weight is 324 g/mol. The van der Waals surface area contributed by atoms with E-state index < -0.39 is 11.6 Å². The number of carbonyl (C=O) groups excluding carboxylic acids is 1. The lowest BCUT2D eigenvalue weighted by Crippen LogP contribution is -2.23. The van der Waals surface area contributed by atoms with Crippen molar-refractivity contribution in [1.82, 2.24) is 0 Å². The number of halogens is 1. The molecule has 0 fully saturated rings. The van der Waals surface area contributed by atoms with Gasteiger partial charge in [0.05, 0.1) is 5.69 Å². The Morgan fingerprint density at radius 3 is 2.48 bits per heavy atom. The monoisotopic (exact) mass is 323 g/mol. The summed E-state index contributed by atoms with van der Waals surface area (Å²) in [6.07, 6.45) is 0. The van der Waals surface area contributed by atoms with Gasteiger partial charge in [0.1, 0.15) is 10.5 Å². The molecule has 0 aliphatic carbocycles. The molecule has 0 saturated carbocycles. The molecule has 0 bridgehead atoms. The van der Waals surface area contributed by atoms with Crippen LogP contribution >= 0.6 is 22.9 Å². The molecule has 0 aliphatic rings. The molecule has 5 heteroatoms. The number of benzene rings is 1. The molecule has 21 heavy (non-hydrogen) atoms. The van der Waals surface area contributed by atoms with E-state index in [1.165, 1.54) is 11.3 Å². The van der Waals surface area contributed by atoms with E-state index in [9.17, 15) is 4.79 Å². The van der Waals surface area contributed by atoms with Gasteiger partial charge in [0.15, 0.2) is 0 Å². The predicted molar refractivity (Wildman–Crippen MR) is 89.1 cm³/mol. The van der Waals surface area contributed by atoms with Crippen molar-refractivity contribution >= 4 is 34.6 Å². The van der Waals surface area contributed by atoms with Gasteiger partial charge in [0.25, 0.3) is 0 Å². The number of rotatable bonds is 2. The molecule has 2 aromatic rings. The number of anilines is 1. The molecular weight excluding hydrogens is 306 g/mol. The smallest absolute Gasteiger partial charge is 0.350 e. The van der Waals surface area contributed by atoms with Crippen LogP contribution in [-0.4, -0.2) is 11.6 Å². The number of nitrogens with two attached hydrogens (primary N) is 1. The lowest BCUT2D eigenvalue weighted by atomic mass is 10.1. The largest absolute Gasteiger partial charge is 0.456 e. The first kappa shape index (κ1) is 15.9. The van der Waals surface area contributed by atoms with E-state index in [1.54, 1.807) is 6.07 Å². The molecule has 0 atom stereocenters. The van der Waals surface area contributed by atoms with Gasteiger partial charge in [-0.2, -0.15) is 0 Å². The fourth-order valence-corrected chi connectivity index (χ4v) is 3.14. The van der Waals surface area contributed by atoms with E-state index >= 15 is 0 Å². The minimum Gasteiger partial charge on any atom is -0.456 e. The first-order chi connectivity index (χ1) is 9.65. The van der Waals surface area contributed by atoms with Crippen LogP contribution in [0.3, 0.4) is 0 Å². The first-order valence-corrected chi connectivity index (χ1v) is 7.75. The standard InChI is InChI=1S/C16H18ClNO2S/c1-9-5-10(7-11(17)6-9)13-8-12(18)14(21-13)15(19)20-16(2,3)4/h5-8H,18H2,1-4H3. The molecule has 1 aromatic carbocycles. The number of carbonyl (C=O) groups is 1. The summed E-state index contributed by atoms with van der Waals surface area (Å²) < 4.78 is 5.37. The Morgan fingerprint density at radius 1 is 1.24 bits per heavy atom. The third-order valence-electron chi connectivity index (χ3n) is 2.67. The van der Waals surface area contributed by atoms with Crippen molar-refractivity contribution < 1.29 is 9.53 Å². The maximum atomic E-state index is 12.1. The third-order valence-corrected chi connectivity index (χ3v) is 4.07. The zero-order chi connectivity index (χ0) is 15.8. The Labute approximate surface area is 133 Å². The maximum Gasteiger partial charge on any atom is 0.350 e. The highest BCUT2D eigenvalue weighted by Gasteiger charge is 2.22. The number of esters is 1. The highest BCUT2D eigenvalue weighted by atomic mass is 35.5. The van der Waals surface area contributed by atoms with Crippen molar-refractivity contribution in [3.8, 4) is 10.4 Å². The van der Waals surface area contributed by atoms with Crippen molar-refractivity contribution in [3.05, 3.63) is 39.7 Å². The van der Waals surface area contributed by atoms with E-state index in [0.717, 1.165) is 16.0 Å². The summed E-state index contributed by atoms with van der Waals surface area (Å²) in [6, 6.07) is 7.54. The van der Waals surface area contributed by atoms with Gasteiger partial charge in [-0.25, -0.2) is 4.79 Å². The minimum atomic E-state index is -0.541. The number of thiophene rings is 1. The number of nitrogen functional groups attached to an aromatic ring is 1. The zero-order valence-electron chi connectivity index (χ0n) is 12.5. The van der Waals surface area contributed by atoms with E-state index in [-0.39, 0.29) is 0 Å². The lowest BCUT2D eigenvalue weighted by molar-refractivity contribution is 0.00764. The van der Waals surface area contributed by atoms with Gasteiger partial charge in [0.2, 0.25) is 0 Å². The van der Waals surface area contributed by atoms with Crippen LogP contribution in [0.4, 0.5) is 5.69 Å². The van der Waals surface area contributed by atoms with Crippen LogP contribution < -0.4 is 5.73 Å². The van der Waals surface area contributed by atoms with Crippen LogP contribution in [0.5, 0.6) is 0 Å². The predicted octanol–water partition coefficient (Wildman–Crippen LogP) is 4.91. The number of ether oxygens (including phenoxy) is 1. The maximum absolute atomic E-state index is 12.1. The first-order valence-electron chi connectivity index (χ1n) is 6.56. The molecule has 2 rings (SSSR count). The van der Waals surface area contributed by atoms with Crippen LogP contribution in [0, 0.1) is 6.92 Å². The third kappa shape index (κ3) is 3.99. The van der Waals surface area contributed by atoms with E-state index in [1.807, 2.05) is 45.9 Å². The van der Waals surface area contributed by atoms with Crippen LogP contribution in [0.1, 0.15) is 36.0 Å². The fourth-order valence-electron chi connectivity index (χ4n) is 1.91. The van der Waals surface area contributed by atoms with Crippen molar-refractivity contribution in [2.24, 2.45) is 0 Å². The van der Waals surface area contributed by atoms with Crippen LogP contribution in [0.15, 0.2) is 24.3 Å². The molecule has 0 radical (unpaired) electrons. The van der Waals surface area contributed by atoms with E-state index in [0.29, 0.717) is 15.6 Å². The second-order valence-electron chi connectivity index (χ2n) is 5.91. The Kier molecular flexibility index (Phi) is 4.30. The molecule has 0 spiro atoms. The SMILES string of the molecule is Cc1cc(Cl)cc(-c2cc(N)c(C(=O)OC(C)(C)C)s2)c1. The molecule has 112 valence electrons. The van der Waals surface area contributed by atoms with Crippen molar-refractivity contribution in [1.29, 1.82) is 0 Å².